The number of nitrogens with one attached hydrogen (secondary N) is 2. The highest BCUT2D eigenvalue weighted by Gasteiger charge is 2.40. The zero-order valence-electron chi connectivity index (χ0n) is 24.6. The van der Waals surface area contributed by atoms with Crippen molar-refractivity contribution in [2.45, 2.75) is 54.8 Å². The number of sulfonamides is 1. The van der Waals surface area contributed by atoms with Crippen LogP contribution in [0.15, 0.2) is 59.9 Å². The summed E-state index contributed by atoms with van der Waals surface area (Å²) < 4.78 is 83.7. The molecule has 0 radical (unpaired) electrons. The second-order valence-corrected chi connectivity index (χ2v) is 13.7. The molecule has 3 aromatic rings. The summed E-state index contributed by atoms with van der Waals surface area (Å²) in [5.74, 6) is -1.66. The van der Waals surface area contributed by atoms with Crippen LogP contribution in [0.1, 0.15) is 42.7 Å². The number of alkyl halides is 3. The van der Waals surface area contributed by atoms with E-state index in [4.69, 9.17) is 11.6 Å². The zero-order valence-corrected chi connectivity index (χ0v) is 26.1. The van der Waals surface area contributed by atoms with E-state index in [0.29, 0.717) is 37.8 Å². The van der Waals surface area contributed by atoms with E-state index < -0.39 is 44.6 Å². The number of nitrogens with zero attached hydrogens (tertiary/aromatic N) is 4. The molecule has 2 aliphatic rings. The molecule has 5 rings (SSSR count). The molecule has 0 bridgehead atoms. The molecule has 1 aliphatic carbocycles. The van der Waals surface area contributed by atoms with Gasteiger partial charge in [-0.2, -0.15) is 13.2 Å². The van der Waals surface area contributed by atoms with Gasteiger partial charge in [-0.1, -0.05) is 29.8 Å². The van der Waals surface area contributed by atoms with E-state index in [1.54, 1.807) is 18.0 Å². The topological polar surface area (TPSA) is 108 Å². The highest BCUT2D eigenvalue weighted by atomic mass is 35.5. The van der Waals surface area contributed by atoms with Crippen molar-refractivity contribution in [1.29, 1.82) is 0 Å². The number of carbonyl (C=O) groups is 1. The second-order valence-electron chi connectivity index (χ2n) is 11.6. The molecule has 1 aromatic heterocycles. The number of carbonyl (C=O) groups excluding carboxylic acids is 1. The van der Waals surface area contributed by atoms with Gasteiger partial charge in [-0.05, 0) is 75.0 Å². The summed E-state index contributed by atoms with van der Waals surface area (Å²) in [6, 6.07) is 7.61. The highest BCUT2D eigenvalue weighted by molar-refractivity contribution is 7.92. The molecule has 1 saturated carbocycles. The van der Waals surface area contributed by atoms with Gasteiger partial charge in [0.05, 0.1) is 28.2 Å². The first-order chi connectivity index (χ1) is 21.2. The number of halogens is 5. The molecule has 0 spiro atoms. The summed E-state index contributed by atoms with van der Waals surface area (Å²) in [6.07, 6.45) is -0.0393. The maximum absolute atomic E-state index is 15.3. The number of benzene rings is 2. The van der Waals surface area contributed by atoms with Gasteiger partial charge in [0, 0.05) is 25.8 Å². The number of rotatable bonds is 8. The molecular formula is C30H33ClF4N6O3S. The third-order valence-electron chi connectivity index (χ3n) is 8.56. The van der Waals surface area contributed by atoms with Crippen LogP contribution in [-0.2, 0) is 21.0 Å². The first kappa shape index (κ1) is 32.9. The first-order valence-corrected chi connectivity index (χ1v) is 16.3. The Balaban J connectivity index is 1.41. The maximum atomic E-state index is 15.3. The van der Waals surface area contributed by atoms with Gasteiger partial charge >= 0.3 is 6.18 Å². The van der Waals surface area contributed by atoms with Gasteiger partial charge in [0.1, 0.15) is 22.9 Å². The van der Waals surface area contributed by atoms with Gasteiger partial charge in [-0.25, -0.2) is 22.8 Å². The van der Waals surface area contributed by atoms with E-state index in [9.17, 15) is 26.4 Å². The van der Waals surface area contributed by atoms with Crippen LogP contribution in [0.5, 0.6) is 0 Å². The lowest BCUT2D eigenvalue weighted by atomic mass is 9.77. The van der Waals surface area contributed by atoms with E-state index in [0.717, 1.165) is 37.1 Å². The van der Waals surface area contributed by atoms with Gasteiger partial charge in [-0.15, -0.1) is 0 Å². The molecule has 2 N–H and O–H groups in total. The van der Waals surface area contributed by atoms with Crippen LogP contribution < -0.4 is 10.0 Å². The second kappa shape index (κ2) is 13.1. The average molecular weight is 669 g/mol. The number of amides is 1. The predicted octanol–water partition coefficient (Wildman–Crippen LogP) is 5.62. The van der Waals surface area contributed by atoms with E-state index >= 15 is 4.39 Å². The third-order valence-corrected chi connectivity index (χ3v) is 10.2. The number of hydrogen-bond acceptors (Lipinski definition) is 7. The number of anilines is 2. The molecule has 9 nitrogen and oxygen atoms in total. The van der Waals surface area contributed by atoms with Crippen molar-refractivity contribution in [2.75, 3.05) is 37.2 Å². The summed E-state index contributed by atoms with van der Waals surface area (Å²) in [6.45, 7) is 1.38. The van der Waals surface area contributed by atoms with Crippen molar-refractivity contribution in [3.8, 4) is 0 Å². The Bertz CT molecular complexity index is 1650. The third kappa shape index (κ3) is 7.50. The minimum atomic E-state index is -4.49. The van der Waals surface area contributed by atoms with Crippen LogP contribution in [0.25, 0.3) is 0 Å². The first-order valence-electron chi connectivity index (χ1n) is 14.4. The summed E-state index contributed by atoms with van der Waals surface area (Å²) in [5, 5.41) is 3.15. The summed E-state index contributed by atoms with van der Waals surface area (Å²) in [7, 11) is -0.761. The lowest BCUT2D eigenvalue weighted by Gasteiger charge is -2.43. The maximum Gasteiger partial charge on any atom is 0.416 e. The van der Waals surface area contributed by atoms with Crippen LogP contribution in [0, 0.1) is 11.7 Å². The molecule has 4 atom stereocenters. The minimum Gasteiger partial charge on any atom is -0.379 e. The Hall–Kier alpha value is -3.49. The normalized spacial score (nSPS) is 22.6. The van der Waals surface area contributed by atoms with E-state index in [1.165, 1.54) is 18.3 Å². The molecule has 2 aromatic carbocycles. The minimum absolute atomic E-state index is 0.0516. The Labute approximate surface area is 264 Å². The van der Waals surface area contributed by atoms with Crippen LogP contribution in [0.3, 0.4) is 0 Å². The Morgan fingerprint density at radius 1 is 1.13 bits per heavy atom. The average Bonchev–Trinajstić information content (AvgIpc) is 3.44. The van der Waals surface area contributed by atoms with Crippen molar-refractivity contribution in [3.63, 3.8) is 0 Å². The monoisotopic (exact) mass is 668 g/mol. The van der Waals surface area contributed by atoms with Crippen LogP contribution in [0.4, 0.5) is 29.1 Å². The van der Waals surface area contributed by atoms with E-state index in [-0.39, 0.29) is 34.3 Å². The quantitative estimate of drug-likeness (QED) is 0.300. The fraction of sp³-hybridized carbons (Fsp3) is 0.433. The predicted molar refractivity (Wildman–Crippen MR) is 162 cm³/mol. The van der Waals surface area contributed by atoms with Crippen molar-refractivity contribution in [1.82, 2.24) is 19.8 Å². The van der Waals surface area contributed by atoms with Gasteiger partial charge < -0.3 is 15.1 Å². The molecular weight excluding hydrogens is 636 g/mol. The smallest absolute Gasteiger partial charge is 0.379 e. The van der Waals surface area contributed by atoms with Gasteiger partial charge in [0.15, 0.2) is 0 Å². The Kier molecular flexibility index (Phi) is 9.57. The molecule has 2 fully saturated rings. The standard InChI is InChI=1S/C30H33ClF4N6O3S/c1-40-11-9-20(16-40)29(42)41(2)26-13-19(18-4-3-5-21(12-18)30(33,34)35)6-7-24(26)38-25-15-23(32)27(14-22(25)31)45(43,44)39-28-8-10-36-17-37-28/h3-5,8,10,12,14-15,17,19-20,24,26,38H,6-7,9,11,13,16H2,1-2H3,(H,36,37,39)/t19-,20+,24-,26-/m0/s1. The van der Waals surface area contributed by atoms with Crippen LogP contribution in [0.2, 0.25) is 5.02 Å². The van der Waals surface area contributed by atoms with Crippen molar-refractivity contribution < 1.29 is 30.8 Å². The summed E-state index contributed by atoms with van der Waals surface area (Å²) in [4.78, 5) is 24.1. The zero-order chi connectivity index (χ0) is 32.5. The molecule has 2 heterocycles. The molecule has 1 aliphatic heterocycles. The molecule has 1 saturated heterocycles. The Morgan fingerprint density at radius 2 is 1.91 bits per heavy atom. The lowest BCUT2D eigenvalue weighted by Crippen LogP contribution is -2.52. The molecule has 45 heavy (non-hydrogen) atoms. The molecule has 1 amide bonds. The number of likely N-dealkylation sites (tertiary alicyclic amines) is 1. The largest absolute Gasteiger partial charge is 0.416 e. The Morgan fingerprint density at radius 3 is 2.58 bits per heavy atom. The molecule has 0 unspecified atom stereocenters. The van der Waals surface area contributed by atoms with Crippen LogP contribution in [-0.4, -0.2) is 73.4 Å². The number of aromatic nitrogens is 2. The number of likely N-dealkylation sites (N-methyl/N-ethyl adjacent to an activating group) is 1. The fourth-order valence-electron chi connectivity index (χ4n) is 6.19. The van der Waals surface area contributed by atoms with Crippen LogP contribution >= 0.6 is 11.6 Å². The number of hydrogen-bond donors (Lipinski definition) is 2. The van der Waals surface area contributed by atoms with E-state index in [1.807, 2.05) is 7.05 Å². The fourth-order valence-corrected chi connectivity index (χ4v) is 7.57. The lowest BCUT2D eigenvalue weighted by molar-refractivity contribution is -0.137. The molecule has 242 valence electrons. The summed E-state index contributed by atoms with van der Waals surface area (Å²) >= 11 is 6.48. The van der Waals surface area contributed by atoms with Crippen molar-refractivity contribution in [2.24, 2.45) is 5.92 Å². The van der Waals surface area contributed by atoms with Gasteiger partial charge in [-0.3, -0.25) is 9.52 Å². The van der Waals surface area contributed by atoms with E-state index in [2.05, 4.69) is 24.9 Å². The van der Waals surface area contributed by atoms with Crippen molar-refractivity contribution >= 4 is 39.0 Å². The summed E-state index contributed by atoms with van der Waals surface area (Å²) in [5.41, 5.74) is -0.0737. The highest BCUT2D eigenvalue weighted by Crippen LogP contribution is 2.40. The van der Waals surface area contributed by atoms with Gasteiger partial charge in [0.2, 0.25) is 5.91 Å². The van der Waals surface area contributed by atoms with Crippen molar-refractivity contribution in [3.05, 3.63) is 77.0 Å². The SMILES string of the molecule is CN1CC[C@@H](C(=O)N(C)[C@H]2C[C@@H](c3cccc(C(F)(F)F)c3)CC[C@@H]2Nc2cc(F)c(S(=O)(=O)Nc3ccncn3)cc2Cl)C1. The van der Waals surface area contributed by atoms with Gasteiger partial charge in [0.25, 0.3) is 10.0 Å². The molecule has 15 heteroatoms.